The predicted molar refractivity (Wildman–Crippen MR) is 85.8 cm³/mol. The monoisotopic (exact) mass is 282 g/mol. The van der Waals surface area contributed by atoms with E-state index in [2.05, 4.69) is 47.6 Å². The zero-order chi connectivity index (χ0) is 14.4. The van der Waals surface area contributed by atoms with Crippen molar-refractivity contribution >= 4 is 10.9 Å². The highest BCUT2D eigenvalue weighted by Gasteiger charge is 2.42. The van der Waals surface area contributed by atoms with Crippen LogP contribution in [0, 0.1) is 5.41 Å². The highest BCUT2D eigenvalue weighted by atomic mass is 16.5. The van der Waals surface area contributed by atoms with E-state index in [0.717, 1.165) is 18.7 Å². The van der Waals surface area contributed by atoms with Gasteiger partial charge in [-0.25, -0.2) is 0 Å². The average molecular weight is 282 g/mol. The SMILES string of the molecule is CC[C@]12C=CCN[C@H]1c1c([nH]c3cc(OC)ccc13)CC2. The lowest BCUT2D eigenvalue weighted by molar-refractivity contribution is 0.209. The molecule has 2 atom stereocenters. The Balaban J connectivity index is 1.92. The third-order valence-corrected chi connectivity index (χ3v) is 5.38. The molecular weight excluding hydrogens is 260 g/mol. The summed E-state index contributed by atoms with van der Waals surface area (Å²) in [4.78, 5) is 3.62. The lowest BCUT2D eigenvalue weighted by Crippen LogP contribution is -2.43. The Labute approximate surface area is 125 Å². The minimum Gasteiger partial charge on any atom is -0.497 e. The molecule has 1 aromatic carbocycles. The largest absolute Gasteiger partial charge is 0.497 e. The summed E-state index contributed by atoms with van der Waals surface area (Å²) >= 11 is 0. The average Bonchev–Trinajstić information content (AvgIpc) is 2.92. The second kappa shape index (κ2) is 4.63. The number of rotatable bonds is 2. The minimum atomic E-state index is 0.278. The summed E-state index contributed by atoms with van der Waals surface area (Å²) in [7, 11) is 1.72. The summed E-state index contributed by atoms with van der Waals surface area (Å²) in [5.74, 6) is 0.916. The standard InChI is InChI=1S/C18H22N2O/c1-3-18-8-4-10-19-17(18)16-13-6-5-12(21-2)11-15(13)20-14(16)7-9-18/h4-6,8,11,17,19-20H,3,7,9-10H2,1-2H3/t17-,18+/m0/s1. The van der Waals surface area contributed by atoms with E-state index in [-0.39, 0.29) is 5.41 Å². The van der Waals surface area contributed by atoms with Gasteiger partial charge in [-0.05, 0) is 37.0 Å². The molecule has 0 fully saturated rings. The summed E-state index contributed by atoms with van der Waals surface area (Å²) in [6, 6.07) is 6.81. The Morgan fingerprint density at radius 3 is 3.10 bits per heavy atom. The lowest BCUT2D eigenvalue weighted by atomic mass is 9.66. The van der Waals surface area contributed by atoms with E-state index in [0.29, 0.717) is 6.04 Å². The molecule has 4 rings (SSSR count). The van der Waals surface area contributed by atoms with Gasteiger partial charge in [0.25, 0.3) is 0 Å². The van der Waals surface area contributed by atoms with E-state index < -0.39 is 0 Å². The molecule has 1 aromatic heterocycles. The van der Waals surface area contributed by atoms with Crippen LogP contribution in [0.25, 0.3) is 10.9 Å². The van der Waals surface area contributed by atoms with Crippen molar-refractivity contribution in [3.8, 4) is 5.75 Å². The van der Waals surface area contributed by atoms with Crippen molar-refractivity contribution in [1.82, 2.24) is 10.3 Å². The molecule has 3 nitrogen and oxygen atoms in total. The maximum absolute atomic E-state index is 5.36. The van der Waals surface area contributed by atoms with Crippen molar-refractivity contribution in [3.05, 3.63) is 41.6 Å². The van der Waals surface area contributed by atoms with Crippen LogP contribution < -0.4 is 10.1 Å². The number of benzene rings is 1. The van der Waals surface area contributed by atoms with E-state index in [1.807, 2.05) is 0 Å². The molecule has 1 aliphatic heterocycles. The number of aromatic amines is 1. The molecule has 0 bridgehead atoms. The number of hydrogen-bond acceptors (Lipinski definition) is 2. The molecule has 0 radical (unpaired) electrons. The summed E-state index contributed by atoms with van der Waals surface area (Å²) in [5, 5.41) is 5.08. The number of ether oxygens (including phenoxy) is 1. The van der Waals surface area contributed by atoms with Crippen molar-refractivity contribution in [3.63, 3.8) is 0 Å². The lowest BCUT2D eigenvalue weighted by Gasteiger charge is -2.44. The molecule has 2 aromatic rings. The first kappa shape index (κ1) is 13.0. The van der Waals surface area contributed by atoms with E-state index in [1.165, 1.54) is 35.0 Å². The Kier molecular flexibility index (Phi) is 2.86. The normalized spacial score (nSPS) is 27.4. The maximum Gasteiger partial charge on any atom is 0.120 e. The van der Waals surface area contributed by atoms with Gasteiger partial charge in [0, 0.05) is 40.7 Å². The van der Waals surface area contributed by atoms with Crippen molar-refractivity contribution in [2.75, 3.05) is 13.7 Å². The number of aryl methyl sites for hydroxylation is 1. The van der Waals surface area contributed by atoms with Crippen LogP contribution in [0.5, 0.6) is 5.75 Å². The second-order valence-electron chi connectivity index (χ2n) is 6.26. The third kappa shape index (κ3) is 1.77. The van der Waals surface area contributed by atoms with Crippen LogP contribution in [0.4, 0.5) is 0 Å². The van der Waals surface area contributed by atoms with Crippen LogP contribution in [0.2, 0.25) is 0 Å². The molecule has 1 aliphatic carbocycles. The summed E-state index contributed by atoms with van der Waals surface area (Å²) in [6.07, 6.45) is 8.28. The first-order valence-corrected chi connectivity index (χ1v) is 7.87. The molecule has 2 heterocycles. The fourth-order valence-corrected chi connectivity index (χ4v) is 4.16. The van der Waals surface area contributed by atoms with Gasteiger partial charge in [0.05, 0.1) is 7.11 Å². The van der Waals surface area contributed by atoms with Gasteiger partial charge in [-0.2, -0.15) is 0 Å². The van der Waals surface area contributed by atoms with Crippen LogP contribution in [0.3, 0.4) is 0 Å². The van der Waals surface area contributed by atoms with Crippen LogP contribution in [0.15, 0.2) is 30.4 Å². The van der Waals surface area contributed by atoms with Crippen molar-refractivity contribution in [2.24, 2.45) is 5.41 Å². The van der Waals surface area contributed by atoms with Gasteiger partial charge in [-0.1, -0.05) is 19.1 Å². The third-order valence-electron chi connectivity index (χ3n) is 5.38. The predicted octanol–water partition coefficient (Wildman–Crippen LogP) is 3.72. The van der Waals surface area contributed by atoms with Gasteiger partial charge < -0.3 is 15.0 Å². The highest BCUT2D eigenvalue weighted by Crippen LogP contribution is 2.50. The molecule has 110 valence electrons. The quantitative estimate of drug-likeness (QED) is 0.824. The Morgan fingerprint density at radius 1 is 1.38 bits per heavy atom. The van der Waals surface area contributed by atoms with Crippen LogP contribution in [-0.4, -0.2) is 18.6 Å². The smallest absolute Gasteiger partial charge is 0.120 e. The number of H-pyrrole nitrogens is 1. The zero-order valence-electron chi connectivity index (χ0n) is 12.7. The Morgan fingerprint density at radius 2 is 2.29 bits per heavy atom. The molecule has 0 unspecified atom stereocenters. The minimum absolute atomic E-state index is 0.278. The number of fused-ring (bicyclic) bond motifs is 5. The van der Waals surface area contributed by atoms with Crippen LogP contribution >= 0.6 is 0 Å². The molecule has 2 N–H and O–H groups in total. The van der Waals surface area contributed by atoms with E-state index >= 15 is 0 Å². The molecule has 0 saturated heterocycles. The topological polar surface area (TPSA) is 37.0 Å². The fourth-order valence-electron chi connectivity index (χ4n) is 4.16. The van der Waals surface area contributed by atoms with Gasteiger partial charge in [0.2, 0.25) is 0 Å². The molecule has 0 amide bonds. The number of nitrogens with one attached hydrogen (secondary N) is 2. The van der Waals surface area contributed by atoms with Gasteiger partial charge >= 0.3 is 0 Å². The van der Waals surface area contributed by atoms with Gasteiger partial charge in [-0.3, -0.25) is 0 Å². The summed E-state index contributed by atoms with van der Waals surface area (Å²) in [5.41, 5.74) is 4.35. The van der Waals surface area contributed by atoms with Gasteiger partial charge in [-0.15, -0.1) is 0 Å². The van der Waals surface area contributed by atoms with Crippen LogP contribution in [0.1, 0.15) is 37.1 Å². The van der Waals surface area contributed by atoms with Gasteiger partial charge in [0.15, 0.2) is 0 Å². The Bertz CT molecular complexity index is 715. The van der Waals surface area contributed by atoms with Crippen molar-refractivity contribution in [1.29, 1.82) is 0 Å². The van der Waals surface area contributed by atoms with E-state index in [9.17, 15) is 0 Å². The second-order valence-corrected chi connectivity index (χ2v) is 6.26. The van der Waals surface area contributed by atoms with Crippen LogP contribution in [-0.2, 0) is 6.42 Å². The zero-order valence-corrected chi connectivity index (χ0v) is 12.7. The fraction of sp³-hybridized carbons (Fsp3) is 0.444. The Hall–Kier alpha value is -1.74. The van der Waals surface area contributed by atoms with E-state index in [1.54, 1.807) is 7.11 Å². The number of hydrogen-bond donors (Lipinski definition) is 2. The maximum atomic E-state index is 5.36. The number of aromatic nitrogens is 1. The van der Waals surface area contributed by atoms with Crippen molar-refractivity contribution < 1.29 is 4.74 Å². The first-order valence-electron chi connectivity index (χ1n) is 7.87. The molecule has 21 heavy (non-hydrogen) atoms. The molecule has 2 aliphatic rings. The molecule has 3 heteroatoms. The first-order chi connectivity index (χ1) is 10.3. The molecule has 0 saturated carbocycles. The van der Waals surface area contributed by atoms with E-state index in [4.69, 9.17) is 4.74 Å². The highest BCUT2D eigenvalue weighted by molar-refractivity contribution is 5.87. The van der Waals surface area contributed by atoms with Gasteiger partial charge in [0.1, 0.15) is 5.75 Å². The molecule has 0 spiro atoms. The molecular formula is C18H22N2O. The van der Waals surface area contributed by atoms with Crippen molar-refractivity contribution in [2.45, 2.75) is 32.2 Å². The summed E-state index contributed by atoms with van der Waals surface area (Å²) < 4.78 is 5.36. The number of methoxy groups -OCH3 is 1. The summed E-state index contributed by atoms with van der Waals surface area (Å²) in [6.45, 7) is 3.28.